The zero-order valence-electron chi connectivity index (χ0n) is 9.55. The fraction of sp³-hybridized carbons (Fsp3) is 0.0833. The molecule has 0 aliphatic heterocycles. The fourth-order valence-electron chi connectivity index (χ4n) is 1.43. The summed E-state index contributed by atoms with van der Waals surface area (Å²) in [6, 6.07) is 9.36. The monoisotopic (exact) mass is 298 g/mol. The molecule has 0 saturated heterocycles. The largest absolute Gasteiger partial charge is 0.482 e. The van der Waals surface area contributed by atoms with Crippen LogP contribution < -0.4 is 4.74 Å². The Morgan fingerprint density at radius 2 is 1.95 bits per heavy atom. The van der Waals surface area contributed by atoms with Crippen molar-refractivity contribution >= 4 is 28.9 Å². The number of hydrogen-bond acceptors (Lipinski definition) is 4. The number of halogens is 2. The van der Waals surface area contributed by atoms with Crippen molar-refractivity contribution in [2.24, 2.45) is 0 Å². The van der Waals surface area contributed by atoms with Gasteiger partial charge in [-0.2, -0.15) is 0 Å². The maximum absolute atomic E-state index is 10.8. The molecule has 1 heterocycles. The van der Waals surface area contributed by atoms with Crippen molar-refractivity contribution in [3.05, 3.63) is 62.4 Å². The number of nitro groups is 1. The molecule has 0 radical (unpaired) electrons. The first kappa shape index (κ1) is 13.6. The van der Waals surface area contributed by atoms with Crippen LogP contribution in [-0.4, -0.2) is 9.91 Å². The summed E-state index contributed by atoms with van der Waals surface area (Å²) in [5.41, 5.74) is 0.504. The van der Waals surface area contributed by atoms with Crippen LogP contribution in [0.5, 0.6) is 5.75 Å². The molecule has 2 aromatic rings. The standard InChI is InChI=1S/C12H8Cl2N2O3/c13-11-6-5-8(12(14)15-11)7-19-10-4-2-1-3-9(10)16(17)18/h1-6H,7H2. The molecule has 0 amide bonds. The van der Waals surface area contributed by atoms with Gasteiger partial charge in [-0.1, -0.05) is 35.3 Å². The molecule has 0 unspecified atom stereocenters. The number of nitrogens with zero attached hydrogens (tertiary/aromatic N) is 2. The summed E-state index contributed by atoms with van der Waals surface area (Å²) in [7, 11) is 0. The summed E-state index contributed by atoms with van der Waals surface area (Å²) in [5.74, 6) is 0.179. The molecule has 0 saturated carbocycles. The lowest BCUT2D eigenvalue weighted by atomic mass is 10.3. The lowest BCUT2D eigenvalue weighted by molar-refractivity contribution is -0.385. The second kappa shape index (κ2) is 5.86. The number of hydrogen-bond donors (Lipinski definition) is 0. The molecule has 0 aliphatic rings. The third kappa shape index (κ3) is 3.33. The van der Waals surface area contributed by atoms with Gasteiger partial charge < -0.3 is 4.74 Å². The first-order valence-corrected chi connectivity index (χ1v) is 6.00. The van der Waals surface area contributed by atoms with Gasteiger partial charge in [0.2, 0.25) is 0 Å². The van der Waals surface area contributed by atoms with Crippen molar-refractivity contribution in [3.8, 4) is 5.75 Å². The summed E-state index contributed by atoms with van der Waals surface area (Å²) in [5, 5.41) is 11.3. The van der Waals surface area contributed by atoms with Crippen molar-refractivity contribution in [3.63, 3.8) is 0 Å². The van der Waals surface area contributed by atoms with Crippen molar-refractivity contribution in [2.75, 3.05) is 0 Å². The minimum absolute atomic E-state index is 0.0772. The van der Waals surface area contributed by atoms with E-state index in [-0.39, 0.29) is 28.3 Å². The van der Waals surface area contributed by atoms with E-state index in [1.807, 2.05) is 0 Å². The molecule has 5 nitrogen and oxygen atoms in total. The maximum atomic E-state index is 10.8. The number of rotatable bonds is 4. The van der Waals surface area contributed by atoms with Crippen LogP contribution in [0, 0.1) is 10.1 Å². The van der Waals surface area contributed by atoms with Gasteiger partial charge in [-0.05, 0) is 18.2 Å². The molecule has 1 aromatic heterocycles. The van der Waals surface area contributed by atoms with Gasteiger partial charge >= 0.3 is 5.69 Å². The van der Waals surface area contributed by atoms with E-state index in [1.165, 1.54) is 12.1 Å². The Morgan fingerprint density at radius 1 is 1.21 bits per heavy atom. The normalized spacial score (nSPS) is 10.2. The van der Waals surface area contributed by atoms with Gasteiger partial charge in [0.1, 0.15) is 16.9 Å². The van der Waals surface area contributed by atoms with Crippen molar-refractivity contribution < 1.29 is 9.66 Å². The van der Waals surface area contributed by atoms with Gasteiger partial charge in [-0.15, -0.1) is 0 Å². The van der Waals surface area contributed by atoms with Crippen molar-refractivity contribution in [1.82, 2.24) is 4.98 Å². The Kier molecular flexibility index (Phi) is 4.19. The third-order valence-electron chi connectivity index (χ3n) is 2.34. The van der Waals surface area contributed by atoms with Crippen LogP contribution in [-0.2, 0) is 6.61 Å². The molecular weight excluding hydrogens is 291 g/mol. The van der Waals surface area contributed by atoms with Gasteiger partial charge in [0, 0.05) is 11.6 Å². The highest BCUT2D eigenvalue weighted by molar-refractivity contribution is 6.32. The number of pyridine rings is 1. The Morgan fingerprint density at radius 3 is 2.63 bits per heavy atom. The van der Waals surface area contributed by atoms with Gasteiger partial charge in [-0.3, -0.25) is 10.1 Å². The molecule has 0 N–H and O–H groups in total. The number of benzene rings is 1. The van der Waals surface area contributed by atoms with E-state index in [0.29, 0.717) is 5.56 Å². The van der Waals surface area contributed by atoms with Gasteiger partial charge in [0.05, 0.1) is 4.92 Å². The molecule has 0 aliphatic carbocycles. The van der Waals surface area contributed by atoms with Crippen LogP contribution in [0.3, 0.4) is 0 Å². The second-order valence-corrected chi connectivity index (χ2v) is 4.34. The SMILES string of the molecule is O=[N+]([O-])c1ccccc1OCc1ccc(Cl)nc1Cl. The van der Waals surface area contributed by atoms with E-state index < -0.39 is 4.92 Å². The highest BCUT2D eigenvalue weighted by atomic mass is 35.5. The smallest absolute Gasteiger partial charge is 0.310 e. The molecule has 19 heavy (non-hydrogen) atoms. The first-order chi connectivity index (χ1) is 9.08. The van der Waals surface area contributed by atoms with E-state index in [9.17, 15) is 10.1 Å². The predicted molar refractivity (Wildman–Crippen MR) is 71.7 cm³/mol. The highest BCUT2D eigenvalue weighted by Gasteiger charge is 2.14. The lowest BCUT2D eigenvalue weighted by Crippen LogP contribution is -2.00. The first-order valence-electron chi connectivity index (χ1n) is 5.25. The molecule has 0 atom stereocenters. The van der Waals surface area contributed by atoms with Crippen LogP contribution in [0.4, 0.5) is 5.69 Å². The molecule has 1 aromatic carbocycles. The van der Waals surface area contributed by atoms with Crippen molar-refractivity contribution in [1.29, 1.82) is 0 Å². The Balaban J connectivity index is 2.17. The molecule has 98 valence electrons. The van der Waals surface area contributed by atoms with Crippen LogP contribution in [0.1, 0.15) is 5.56 Å². The second-order valence-electron chi connectivity index (χ2n) is 3.60. The minimum atomic E-state index is -0.503. The summed E-state index contributed by atoms with van der Waals surface area (Å²) >= 11 is 11.6. The minimum Gasteiger partial charge on any atom is -0.482 e. The van der Waals surface area contributed by atoms with E-state index in [2.05, 4.69) is 4.98 Å². The summed E-state index contributed by atoms with van der Waals surface area (Å²) in [6.07, 6.45) is 0. The van der Waals surface area contributed by atoms with E-state index in [1.54, 1.807) is 24.3 Å². The number of nitro benzene ring substituents is 1. The summed E-state index contributed by atoms with van der Waals surface area (Å²) in [6.45, 7) is 0.0772. The van der Waals surface area contributed by atoms with Crippen molar-refractivity contribution in [2.45, 2.75) is 6.61 Å². The third-order valence-corrected chi connectivity index (χ3v) is 2.87. The van der Waals surface area contributed by atoms with Crippen LogP contribution >= 0.6 is 23.2 Å². The molecule has 0 bridgehead atoms. The lowest BCUT2D eigenvalue weighted by Gasteiger charge is -2.07. The molecule has 0 spiro atoms. The number of ether oxygens (including phenoxy) is 1. The van der Waals surface area contributed by atoms with Gasteiger partial charge in [0.25, 0.3) is 0 Å². The highest BCUT2D eigenvalue weighted by Crippen LogP contribution is 2.27. The number of aromatic nitrogens is 1. The quantitative estimate of drug-likeness (QED) is 0.488. The van der Waals surface area contributed by atoms with Crippen LogP contribution in [0.2, 0.25) is 10.3 Å². The average molecular weight is 299 g/mol. The van der Waals surface area contributed by atoms with Gasteiger partial charge in [0.15, 0.2) is 5.75 Å². The Bertz CT molecular complexity index is 620. The molecule has 7 heteroatoms. The topological polar surface area (TPSA) is 65.3 Å². The average Bonchev–Trinajstić information content (AvgIpc) is 2.38. The fourth-order valence-corrected chi connectivity index (χ4v) is 1.83. The molecular formula is C12H8Cl2N2O3. The number of para-hydroxylation sites is 2. The maximum Gasteiger partial charge on any atom is 0.310 e. The Labute approximate surface area is 118 Å². The van der Waals surface area contributed by atoms with E-state index in [0.717, 1.165) is 0 Å². The molecule has 2 rings (SSSR count). The van der Waals surface area contributed by atoms with E-state index >= 15 is 0 Å². The zero-order chi connectivity index (χ0) is 13.8. The zero-order valence-corrected chi connectivity index (χ0v) is 11.1. The van der Waals surface area contributed by atoms with Gasteiger partial charge in [-0.25, -0.2) is 4.98 Å². The van der Waals surface area contributed by atoms with Crippen LogP contribution in [0.25, 0.3) is 0 Å². The predicted octanol–water partition coefficient (Wildman–Crippen LogP) is 3.88. The Hall–Kier alpha value is -1.85. The van der Waals surface area contributed by atoms with Crippen LogP contribution in [0.15, 0.2) is 36.4 Å². The summed E-state index contributed by atoms with van der Waals surface area (Å²) < 4.78 is 5.40. The summed E-state index contributed by atoms with van der Waals surface area (Å²) in [4.78, 5) is 14.2. The van der Waals surface area contributed by atoms with E-state index in [4.69, 9.17) is 27.9 Å². The molecule has 0 fully saturated rings.